The average Bonchev–Trinajstić information content (AvgIpc) is 2.59. The lowest BCUT2D eigenvalue weighted by atomic mass is 10.1. The van der Waals surface area contributed by atoms with Crippen molar-refractivity contribution in [2.45, 2.75) is 17.3 Å². The number of carboxylic acid groups (broad SMARTS) is 1. The molecule has 1 amide bonds. The van der Waals surface area contributed by atoms with Crippen LogP contribution in [0.2, 0.25) is 0 Å². The van der Waals surface area contributed by atoms with Crippen molar-refractivity contribution >= 4 is 27.8 Å². The summed E-state index contributed by atoms with van der Waals surface area (Å²) in [5.41, 5.74) is 0.634. The van der Waals surface area contributed by atoms with Crippen LogP contribution in [0.4, 0.5) is 0 Å². The molecule has 5 heteroatoms. The van der Waals surface area contributed by atoms with Crippen molar-refractivity contribution in [3.05, 3.63) is 35.9 Å². The Bertz CT molecular complexity index is 435. The van der Waals surface area contributed by atoms with Crippen LogP contribution >= 0.6 is 15.9 Å². The zero-order valence-electron chi connectivity index (χ0n) is 9.04. The summed E-state index contributed by atoms with van der Waals surface area (Å²) < 4.78 is 0. The van der Waals surface area contributed by atoms with E-state index in [-0.39, 0.29) is 10.7 Å². The van der Waals surface area contributed by atoms with Gasteiger partial charge in [0, 0.05) is 17.8 Å². The summed E-state index contributed by atoms with van der Waals surface area (Å²) in [7, 11) is 0. The van der Waals surface area contributed by atoms with E-state index in [1.807, 2.05) is 6.07 Å². The van der Waals surface area contributed by atoms with Gasteiger partial charge in [-0.25, -0.2) is 4.79 Å². The molecule has 17 heavy (non-hydrogen) atoms. The van der Waals surface area contributed by atoms with E-state index < -0.39 is 12.0 Å². The van der Waals surface area contributed by atoms with E-state index in [1.165, 1.54) is 4.90 Å². The number of hydrogen-bond acceptors (Lipinski definition) is 2. The largest absolute Gasteiger partial charge is 0.479 e. The standard InChI is InChI=1S/C12H12BrNO3/c13-9-6-10(15)14(7-9)11(12(16)17)8-4-2-1-3-5-8/h1-5,9,11H,6-7H2,(H,16,17). The minimum absolute atomic E-state index is 0.0422. The number of rotatable bonds is 3. The van der Waals surface area contributed by atoms with Crippen LogP contribution in [0.3, 0.4) is 0 Å². The van der Waals surface area contributed by atoms with Crippen molar-refractivity contribution in [3.8, 4) is 0 Å². The normalized spacial score (nSPS) is 21.6. The van der Waals surface area contributed by atoms with Crippen molar-refractivity contribution in [1.29, 1.82) is 0 Å². The third-order valence-electron chi connectivity index (χ3n) is 2.77. The Hall–Kier alpha value is -1.36. The molecule has 1 aliphatic heterocycles. The lowest BCUT2D eigenvalue weighted by Crippen LogP contribution is -2.35. The maximum absolute atomic E-state index is 11.7. The predicted molar refractivity (Wildman–Crippen MR) is 65.9 cm³/mol. The highest BCUT2D eigenvalue weighted by Gasteiger charge is 2.37. The zero-order valence-corrected chi connectivity index (χ0v) is 10.6. The first-order chi connectivity index (χ1) is 8.09. The number of hydrogen-bond donors (Lipinski definition) is 1. The highest BCUT2D eigenvalue weighted by Crippen LogP contribution is 2.28. The third-order valence-corrected chi connectivity index (χ3v) is 3.39. The van der Waals surface area contributed by atoms with E-state index in [4.69, 9.17) is 0 Å². The number of carboxylic acids is 1. The first kappa shape index (κ1) is 12.1. The molecule has 0 bridgehead atoms. The molecule has 0 saturated carbocycles. The fraction of sp³-hybridized carbons (Fsp3) is 0.333. The van der Waals surface area contributed by atoms with Crippen molar-refractivity contribution in [2.24, 2.45) is 0 Å². The number of likely N-dealkylation sites (tertiary alicyclic amines) is 1. The van der Waals surface area contributed by atoms with Crippen LogP contribution in [-0.4, -0.2) is 33.3 Å². The average molecular weight is 298 g/mol. The molecule has 1 heterocycles. The van der Waals surface area contributed by atoms with Gasteiger partial charge in [-0.15, -0.1) is 0 Å². The molecule has 90 valence electrons. The van der Waals surface area contributed by atoms with E-state index in [1.54, 1.807) is 24.3 Å². The number of benzene rings is 1. The summed E-state index contributed by atoms with van der Waals surface area (Å²) in [6.45, 7) is 0.435. The van der Waals surface area contributed by atoms with Gasteiger partial charge in [-0.1, -0.05) is 46.3 Å². The molecule has 0 spiro atoms. The molecule has 1 N–H and O–H groups in total. The highest BCUT2D eigenvalue weighted by atomic mass is 79.9. The van der Waals surface area contributed by atoms with Crippen LogP contribution < -0.4 is 0 Å². The summed E-state index contributed by atoms with van der Waals surface area (Å²) in [4.78, 5) is 24.5. The molecule has 1 aromatic carbocycles. The topological polar surface area (TPSA) is 57.6 Å². The fourth-order valence-electron chi connectivity index (χ4n) is 2.03. The Kier molecular flexibility index (Phi) is 3.47. The van der Waals surface area contributed by atoms with Gasteiger partial charge in [0.2, 0.25) is 5.91 Å². The minimum atomic E-state index is -0.994. The minimum Gasteiger partial charge on any atom is -0.479 e. The van der Waals surface area contributed by atoms with Crippen molar-refractivity contribution in [3.63, 3.8) is 0 Å². The molecular weight excluding hydrogens is 286 g/mol. The van der Waals surface area contributed by atoms with E-state index in [0.29, 0.717) is 18.5 Å². The Morgan fingerprint density at radius 1 is 1.41 bits per heavy atom. The van der Waals surface area contributed by atoms with Gasteiger partial charge in [-0.05, 0) is 5.56 Å². The quantitative estimate of drug-likeness (QED) is 0.866. The number of carbonyl (C=O) groups excluding carboxylic acids is 1. The number of aliphatic carboxylic acids is 1. The number of halogens is 1. The number of alkyl halides is 1. The van der Waals surface area contributed by atoms with Gasteiger partial charge < -0.3 is 10.0 Å². The van der Waals surface area contributed by atoms with Crippen LogP contribution in [0.1, 0.15) is 18.0 Å². The van der Waals surface area contributed by atoms with Gasteiger partial charge in [0.1, 0.15) is 0 Å². The highest BCUT2D eigenvalue weighted by molar-refractivity contribution is 9.09. The van der Waals surface area contributed by atoms with Gasteiger partial charge in [0.25, 0.3) is 0 Å². The second kappa shape index (κ2) is 4.87. The summed E-state index contributed by atoms with van der Waals surface area (Å²) in [5.74, 6) is -1.12. The van der Waals surface area contributed by atoms with Gasteiger partial charge in [0.05, 0.1) is 0 Å². The molecule has 2 rings (SSSR count). The molecular formula is C12H12BrNO3. The molecule has 1 fully saturated rings. The van der Waals surface area contributed by atoms with E-state index >= 15 is 0 Å². The van der Waals surface area contributed by atoms with Gasteiger partial charge in [-0.2, -0.15) is 0 Å². The number of amides is 1. The van der Waals surface area contributed by atoms with Gasteiger partial charge in [-0.3, -0.25) is 4.79 Å². The monoisotopic (exact) mass is 297 g/mol. The Balaban J connectivity index is 2.31. The molecule has 2 atom stereocenters. The summed E-state index contributed by atoms with van der Waals surface area (Å²) >= 11 is 3.35. The van der Waals surface area contributed by atoms with Crippen molar-refractivity contribution in [2.75, 3.05) is 6.54 Å². The van der Waals surface area contributed by atoms with Gasteiger partial charge in [0.15, 0.2) is 6.04 Å². The second-order valence-electron chi connectivity index (χ2n) is 4.00. The maximum Gasteiger partial charge on any atom is 0.331 e. The van der Waals surface area contributed by atoms with E-state index in [9.17, 15) is 14.7 Å². The molecule has 2 unspecified atom stereocenters. The van der Waals surface area contributed by atoms with Crippen molar-refractivity contribution < 1.29 is 14.7 Å². The number of carbonyl (C=O) groups is 2. The molecule has 1 aliphatic rings. The smallest absolute Gasteiger partial charge is 0.331 e. The Morgan fingerprint density at radius 3 is 2.53 bits per heavy atom. The lowest BCUT2D eigenvalue weighted by molar-refractivity contribution is -0.148. The second-order valence-corrected chi connectivity index (χ2v) is 5.29. The summed E-state index contributed by atoms with van der Waals surface area (Å²) in [6.07, 6.45) is 0.358. The van der Waals surface area contributed by atoms with Crippen molar-refractivity contribution in [1.82, 2.24) is 4.90 Å². The molecule has 1 aromatic rings. The predicted octanol–water partition coefficient (Wildman–Crippen LogP) is 1.81. The summed E-state index contributed by atoms with van der Waals surface area (Å²) in [6, 6.07) is 7.95. The van der Waals surface area contributed by atoms with Crippen LogP contribution in [0.25, 0.3) is 0 Å². The lowest BCUT2D eigenvalue weighted by Gasteiger charge is -2.24. The molecule has 1 saturated heterocycles. The summed E-state index contributed by atoms with van der Waals surface area (Å²) in [5, 5.41) is 9.28. The van der Waals surface area contributed by atoms with Crippen LogP contribution in [0.15, 0.2) is 30.3 Å². The third kappa shape index (κ3) is 2.49. The van der Waals surface area contributed by atoms with Crippen LogP contribution in [0.5, 0.6) is 0 Å². The Morgan fingerprint density at radius 2 is 2.06 bits per heavy atom. The van der Waals surface area contributed by atoms with Gasteiger partial charge >= 0.3 is 5.97 Å². The zero-order chi connectivity index (χ0) is 12.4. The van der Waals surface area contributed by atoms with E-state index in [0.717, 1.165) is 0 Å². The number of nitrogens with zero attached hydrogens (tertiary/aromatic N) is 1. The molecule has 0 aliphatic carbocycles. The molecule has 0 aromatic heterocycles. The maximum atomic E-state index is 11.7. The van der Waals surface area contributed by atoms with E-state index in [2.05, 4.69) is 15.9 Å². The fourth-order valence-corrected chi connectivity index (χ4v) is 2.62. The van der Waals surface area contributed by atoms with Crippen LogP contribution in [0, 0.1) is 0 Å². The molecule has 4 nitrogen and oxygen atoms in total. The SMILES string of the molecule is O=C(O)C(c1ccccc1)N1CC(Br)CC1=O. The van der Waals surface area contributed by atoms with Crippen LogP contribution in [-0.2, 0) is 9.59 Å². The first-order valence-corrected chi connectivity index (χ1v) is 6.22. The molecule has 0 radical (unpaired) electrons. The Labute approximate surface area is 107 Å². The first-order valence-electron chi connectivity index (χ1n) is 5.31.